The molecule has 2 aromatic carbocycles. The van der Waals surface area contributed by atoms with Gasteiger partial charge in [0.1, 0.15) is 5.75 Å². The molecule has 0 heterocycles. The van der Waals surface area contributed by atoms with Crippen molar-refractivity contribution in [2.45, 2.75) is 13.0 Å². The third-order valence-corrected chi connectivity index (χ3v) is 3.99. The van der Waals surface area contributed by atoms with Crippen molar-refractivity contribution < 1.29 is 4.74 Å². The summed E-state index contributed by atoms with van der Waals surface area (Å²) in [4.78, 5) is 2.16. The largest absolute Gasteiger partial charge is 0.495 e. The van der Waals surface area contributed by atoms with Gasteiger partial charge in [-0.25, -0.2) is 0 Å². The van der Waals surface area contributed by atoms with Gasteiger partial charge in [0.25, 0.3) is 0 Å². The topological polar surface area (TPSA) is 38.5 Å². The van der Waals surface area contributed by atoms with Crippen LogP contribution in [0.2, 0.25) is 5.02 Å². The monoisotopic (exact) mass is 304 g/mol. The van der Waals surface area contributed by atoms with Gasteiger partial charge in [-0.2, -0.15) is 0 Å². The molecule has 0 saturated heterocycles. The number of anilines is 1. The van der Waals surface area contributed by atoms with Crippen molar-refractivity contribution in [3.05, 3.63) is 58.6 Å². The van der Waals surface area contributed by atoms with Crippen LogP contribution in [0.1, 0.15) is 17.2 Å². The molecule has 2 N–H and O–H groups in total. The molecule has 21 heavy (non-hydrogen) atoms. The molecule has 0 aliphatic carbocycles. The van der Waals surface area contributed by atoms with Crippen LogP contribution in [0.15, 0.2) is 42.5 Å². The molecule has 112 valence electrons. The lowest BCUT2D eigenvalue weighted by Crippen LogP contribution is -2.30. The van der Waals surface area contributed by atoms with Gasteiger partial charge in [-0.3, -0.25) is 0 Å². The molecule has 0 aromatic heterocycles. The quantitative estimate of drug-likeness (QED) is 0.913. The highest BCUT2D eigenvalue weighted by atomic mass is 35.5. The maximum absolute atomic E-state index is 6.22. The van der Waals surface area contributed by atoms with Crippen molar-refractivity contribution in [1.82, 2.24) is 0 Å². The zero-order chi connectivity index (χ0) is 15.4. The second kappa shape index (κ2) is 6.83. The third-order valence-electron chi connectivity index (χ3n) is 3.69. The fourth-order valence-electron chi connectivity index (χ4n) is 2.37. The minimum absolute atomic E-state index is 0.0658. The van der Waals surface area contributed by atoms with Crippen LogP contribution in [0.5, 0.6) is 5.75 Å². The zero-order valence-corrected chi connectivity index (χ0v) is 13.4. The van der Waals surface area contributed by atoms with Crippen LogP contribution in [0, 0.1) is 6.92 Å². The Kier molecular flexibility index (Phi) is 5.10. The van der Waals surface area contributed by atoms with Crippen LogP contribution in [0.25, 0.3) is 0 Å². The number of likely N-dealkylation sites (N-methyl/N-ethyl adjacent to an activating group) is 1. The summed E-state index contributed by atoms with van der Waals surface area (Å²) >= 11 is 6.22. The maximum atomic E-state index is 6.22. The molecule has 0 spiro atoms. The van der Waals surface area contributed by atoms with Crippen LogP contribution >= 0.6 is 11.6 Å². The van der Waals surface area contributed by atoms with Crippen molar-refractivity contribution in [3.8, 4) is 5.75 Å². The summed E-state index contributed by atoms with van der Waals surface area (Å²) in [6.07, 6.45) is 0. The van der Waals surface area contributed by atoms with E-state index in [1.807, 2.05) is 25.2 Å². The van der Waals surface area contributed by atoms with E-state index in [1.54, 1.807) is 7.11 Å². The molecule has 0 aliphatic rings. The minimum atomic E-state index is 0.0658. The molecule has 0 saturated carbocycles. The number of hydrogen-bond acceptors (Lipinski definition) is 3. The molecule has 3 nitrogen and oxygen atoms in total. The second-order valence-electron chi connectivity index (χ2n) is 5.09. The summed E-state index contributed by atoms with van der Waals surface area (Å²) in [5.41, 5.74) is 9.42. The predicted molar refractivity (Wildman–Crippen MR) is 89.4 cm³/mol. The first kappa shape index (κ1) is 15.7. The van der Waals surface area contributed by atoms with Crippen LogP contribution in [-0.4, -0.2) is 20.7 Å². The van der Waals surface area contributed by atoms with Crippen LogP contribution in [-0.2, 0) is 0 Å². The van der Waals surface area contributed by atoms with E-state index in [1.165, 1.54) is 5.56 Å². The molecular weight excluding hydrogens is 284 g/mol. The lowest BCUT2D eigenvalue weighted by atomic mass is 10.0. The fourth-order valence-corrected chi connectivity index (χ4v) is 2.63. The molecule has 1 unspecified atom stereocenters. The summed E-state index contributed by atoms with van der Waals surface area (Å²) in [5, 5.41) is 0.603. The first-order chi connectivity index (χ1) is 10.1. The van der Waals surface area contributed by atoms with Gasteiger partial charge >= 0.3 is 0 Å². The summed E-state index contributed by atoms with van der Waals surface area (Å²) in [5.74, 6) is 0.675. The average Bonchev–Trinajstić information content (AvgIpc) is 2.49. The fraction of sp³-hybridized carbons (Fsp3) is 0.294. The third kappa shape index (κ3) is 3.49. The van der Waals surface area contributed by atoms with Crippen molar-refractivity contribution >= 4 is 17.3 Å². The number of benzene rings is 2. The number of nitrogens with zero attached hydrogens (tertiary/aromatic N) is 1. The Hall–Kier alpha value is -1.71. The molecule has 0 radical (unpaired) electrons. The van der Waals surface area contributed by atoms with E-state index in [0.717, 1.165) is 11.3 Å². The van der Waals surface area contributed by atoms with Gasteiger partial charge in [0.15, 0.2) is 0 Å². The normalized spacial score (nSPS) is 12.0. The first-order valence-electron chi connectivity index (χ1n) is 6.89. The zero-order valence-electron chi connectivity index (χ0n) is 12.6. The van der Waals surface area contributed by atoms with Crippen molar-refractivity contribution in [3.63, 3.8) is 0 Å². The van der Waals surface area contributed by atoms with E-state index in [-0.39, 0.29) is 6.04 Å². The van der Waals surface area contributed by atoms with Gasteiger partial charge in [0.05, 0.1) is 18.2 Å². The lowest BCUT2D eigenvalue weighted by molar-refractivity contribution is 0.414. The Bertz CT molecular complexity index is 598. The van der Waals surface area contributed by atoms with Crippen molar-refractivity contribution in [1.29, 1.82) is 0 Å². The maximum Gasteiger partial charge on any atom is 0.137 e. The molecule has 0 amide bonds. The number of nitrogens with two attached hydrogens (primary N) is 1. The van der Waals surface area contributed by atoms with Gasteiger partial charge in [0, 0.05) is 19.3 Å². The molecule has 4 heteroatoms. The van der Waals surface area contributed by atoms with Crippen molar-refractivity contribution in [2.24, 2.45) is 5.73 Å². The second-order valence-corrected chi connectivity index (χ2v) is 5.50. The van der Waals surface area contributed by atoms with E-state index in [4.69, 9.17) is 22.1 Å². The van der Waals surface area contributed by atoms with E-state index in [2.05, 4.69) is 36.1 Å². The van der Waals surface area contributed by atoms with E-state index in [0.29, 0.717) is 17.3 Å². The van der Waals surface area contributed by atoms with Crippen molar-refractivity contribution in [2.75, 3.05) is 25.6 Å². The highest BCUT2D eigenvalue weighted by molar-refractivity contribution is 6.32. The van der Waals surface area contributed by atoms with E-state index < -0.39 is 0 Å². The SMILES string of the molecule is COc1ccc(C(CN)N(C)c2ccc(C)cc2)cc1Cl. The Morgan fingerprint density at radius 2 is 1.86 bits per heavy atom. The number of aryl methyl sites for hydroxylation is 1. The molecule has 0 fully saturated rings. The number of rotatable bonds is 5. The highest BCUT2D eigenvalue weighted by Crippen LogP contribution is 2.31. The Labute approximate surface area is 131 Å². The van der Waals surface area contributed by atoms with Gasteiger partial charge in [-0.1, -0.05) is 35.4 Å². The highest BCUT2D eigenvalue weighted by Gasteiger charge is 2.17. The number of halogens is 1. The molecule has 2 aromatic rings. The molecule has 2 rings (SSSR count). The first-order valence-corrected chi connectivity index (χ1v) is 7.27. The molecule has 0 bridgehead atoms. The van der Waals surface area contributed by atoms with E-state index in [9.17, 15) is 0 Å². The Morgan fingerprint density at radius 3 is 2.38 bits per heavy atom. The van der Waals surface area contributed by atoms with Gasteiger partial charge in [-0.15, -0.1) is 0 Å². The summed E-state index contributed by atoms with van der Waals surface area (Å²) < 4.78 is 5.19. The van der Waals surface area contributed by atoms with Gasteiger partial charge < -0.3 is 15.4 Å². The van der Waals surface area contributed by atoms with Crippen LogP contribution in [0.4, 0.5) is 5.69 Å². The molecule has 1 atom stereocenters. The minimum Gasteiger partial charge on any atom is -0.495 e. The molecule has 0 aliphatic heterocycles. The van der Waals surface area contributed by atoms with Crippen LogP contribution in [0.3, 0.4) is 0 Å². The summed E-state index contributed by atoms with van der Waals surface area (Å²) in [6.45, 7) is 2.58. The predicted octanol–water partition coefficient (Wildman–Crippen LogP) is 3.79. The van der Waals surface area contributed by atoms with Gasteiger partial charge in [-0.05, 0) is 36.8 Å². The Balaban J connectivity index is 2.30. The number of hydrogen-bond donors (Lipinski definition) is 1. The average molecular weight is 305 g/mol. The van der Waals surface area contributed by atoms with Crippen LogP contribution < -0.4 is 15.4 Å². The lowest BCUT2D eigenvalue weighted by Gasteiger charge is -2.30. The smallest absolute Gasteiger partial charge is 0.137 e. The number of ether oxygens (including phenoxy) is 1. The standard InChI is InChI=1S/C17H21ClN2O/c1-12-4-7-14(8-5-12)20(2)16(11-19)13-6-9-17(21-3)15(18)10-13/h4-10,16H,11,19H2,1-3H3. The van der Waals surface area contributed by atoms with E-state index >= 15 is 0 Å². The van der Waals surface area contributed by atoms with Gasteiger partial charge in [0.2, 0.25) is 0 Å². The summed E-state index contributed by atoms with van der Waals surface area (Å²) in [6, 6.07) is 14.3. The summed E-state index contributed by atoms with van der Waals surface area (Å²) in [7, 11) is 3.65. The molecular formula is C17H21ClN2O. The number of methoxy groups -OCH3 is 1. The Morgan fingerprint density at radius 1 is 1.19 bits per heavy atom.